The van der Waals surface area contributed by atoms with Gasteiger partial charge >= 0.3 is 0 Å². The van der Waals surface area contributed by atoms with E-state index in [0.717, 1.165) is 12.8 Å². The van der Waals surface area contributed by atoms with Crippen molar-refractivity contribution in [3.8, 4) is 0 Å². The van der Waals surface area contributed by atoms with Gasteiger partial charge in [0.15, 0.2) is 9.84 Å². The average molecular weight is 329 g/mol. The van der Waals surface area contributed by atoms with Crippen LogP contribution in [0.4, 0.5) is 0 Å². The molecule has 1 fully saturated rings. The van der Waals surface area contributed by atoms with Crippen LogP contribution in [-0.4, -0.2) is 58.7 Å². The van der Waals surface area contributed by atoms with Crippen LogP contribution in [0.5, 0.6) is 0 Å². The number of nitrogens with one attached hydrogen (secondary N) is 2. The zero-order valence-electron chi connectivity index (χ0n) is 11.9. The first-order chi connectivity index (χ1) is 9.06. The zero-order chi connectivity index (χ0) is 14.1. The van der Waals surface area contributed by atoms with Crippen LogP contribution < -0.4 is 10.6 Å². The lowest BCUT2D eigenvalue weighted by molar-refractivity contribution is -0.118. The average Bonchev–Trinajstić information content (AvgIpc) is 2.87. The third-order valence-corrected chi connectivity index (χ3v) is 5.40. The van der Waals surface area contributed by atoms with Crippen LogP contribution >= 0.6 is 12.4 Å². The van der Waals surface area contributed by atoms with Crippen LogP contribution in [0.1, 0.15) is 25.7 Å². The lowest BCUT2D eigenvalue weighted by atomic mass is 10.4. The molecule has 0 saturated heterocycles. The van der Waals surface area contributed by atoms with Crippen molar-refractivity contribution < 1.29 is 17.9 Å². The molecule has 120 valence electrons. The van der Waals surface area contributed by atoms with E-state index in [1.54, 1.807) is 7.11 Å². The van der Waals surface area contributed by atoms with Gasteiger partial charge in [-0.25, -0.2) is 8.42 Å². The highest BCUT2D eigenvalue weighted by molar-refractivity contribution is 7.92. The van der Waals surface area contributed by atoms with Crippen molar-refractivity contribution in [1.82, 2.24) is 10.6 Å². The molecule has 1 amide bonds. The van der Waals surface area contributed by atoms with Crippen LogP contribution in [0.25, 0.3) is 0 Å². The van der Waals surface area contributed by atoms with Gasteiger partial charge in [-0.05, 0) is 12.8 Å². The van der Waals surface area contributed by atoms with Crippen molar-refractivity contribution in [3.63, 3.8) is 0 Å². The van der Waals surface area contributed by atoms with E-state index >= 15 is 0 Å². The summed E-state index contributed by atoms with van der Waals surface area (Å²) >= 11 is 0. The summed E-state index contributed by atoms with van der Waals surface area (Å²) in [6, 6.07) is 0. The molecule has 0 aromatic carbocycles. The van der Waals surface area contributed by atoms with Crippen molar-refractivity contribution in [2.75, 3.05) is 39.1 Å². The molecule has 0 atom stereocenters. The Kier molecular flexibility index (Phi) is 10.2. The van der Waals surface area contributed by atoms with E-state index in [-0.39, 0.29) is 23.4 Å². The molecular formula is C12H25ClN2O4S. The predicted molar refractivity (Wildman–Crippen MR) is 81.0 cm³/mol. The molecule has 2 N–H and O–H groups in total. The Hall–Kier alpha value is -0.370. The first-order valence-electron chi connectivity index (χ1n) is 6.74. The van der Waals surface area contributed by atoms with Crippen molar-refractivity contribution in [3.05, 3.63) is 0 Å². The molecule has 0 aromatic rings. The number of hydrogen-bond donors (Lipinski definition) is 2. The summed E-state index contributed by atoms with van der Waals surface area (Å²) in [6.07, 6.45) is 3.31. The van der Waals surface area contributed by atoms with Crippen LogP contribution in [0, 0.1) is 0 Å². The topological polar surface area (TPSA) is 84.5 Å². The second-order valence-corrected chi connectivity index (χ2v) is 7.09. The van der Waals surface area contributed by atoms with Crippen molar-refractivity contribution in [2.45, 2.75) is 30.9 Å². The van der Waals surface area contributed by atoms with Gasteiger partial charge in [0.25, 0.3) is 0 Å². The number of methoxy groups -OCH3 is 1. The number of hydrogen-bond acceptors (Lipinski definition) is 5. The molecule has 1 aliphatic carbocycles. The van der Waals surface area contributed by atoms with Gasteiger partial charge in [0.05, 0.1) is 11.9 Å². The zero-order valence-corrected chi connectivity index (χ0v) is 13.5. The third kappa shape index (κ3) is 7.42. The van der Waals surface area contributed by atoms with E-state index in [1.165, 1.54) is 0 Å². The quantitative estimate of drug-likeness (QED) is 0.587. The Balaban J connectivity index is 0.00000361. The van der Waals surface area contributed by atoms with Crippen LogP contribution in [0.3, 0.4) is 0 Å². The summed E-state index contributed by atoms with van der Waals surface area (Å²) in [6.45, 7) is 2.37. The second kappa shape index (κ2) is 10.4. The van der Waals surface area contributed by atoms with Gasteiger partial charge in [0.1, 0.15) is 5.75 Å². The largest absolute Gasteiger partial charge is 0.383 e. The highest BCUT2D eigenvalue weighted by Crippen LogP contribution is 2.24. The van der Waals surface area contributed by atoms with Gasteiger partial charge < -0.3 is 15.4 Å². The van der Waals surface area contributed by atoms with Gasteiger partial charge in [-0.15, -0.1) is 12.4 Å². The smallest absolute Gasteiger partial charge is 0.235 e. The summed E-state index contributed by atoms with van der Waals surface area (Å²) in [5.41, 5.74) is 0. The summed E-state index contributed by atoms with van der Waals surface area (Å²) in [7, 11) is -1.64. The number of carbonyl (C=O) groups is 1. The Morgan fingerprint density at radius 1 is 1.20 bits per heavy atom. The maximum atomic E-state index is 11.9. The van der Waals surface area contributed by atoms with E-state index in [4.69, 9.17) is 4.74 Å². The fraction of sp³-hybridized carbons (Fsp3) is 0.917. The van der Waals surface area contributed by atoms with Gasteiger partial charge in [-0.2, -0.15) is 0 Å². The maximum absolute atomic E-state index is 11.9. The first kappa shape index (κ1) is 19.6. The summed E-state index contributed by atoms with van der Waals surface area (Å²) < 4.78 is 28.7. The Labute approximate surface area is 127 Å². The molecule has 1 rings (SSSR count). The molecule has 1 saturated carbocycles. The summed E-state index contributed by atoms with van der Waals surface area (Å²) in [5, 5.41) is 5.38. The highest BCUT2D eigenvalue weighted by Gasteiger charge is 2.30. The molecule has 0 unspecified atom stereocenters. The minimum Gasteiger partial charge on any atom is -0.383 e. The van der Waals surface area contributed by atoms with Crippen LogP contribution in [0.2, 0.25) is 0 Å². The number of sulfone groups is 1. The number of rotatable bonds is 9. The molecule has 0 heterocycles. The lowest BCUT2D eigenvalue weighted by Gasteiger charge is -2.11. The molecule has 0 radical (unpaired) electrons. The summed E-state index contributed by atoms with van der Waals surface area (Å²) in [5.74, 6) is -0.782. The molecule has 0 bridgehead atoms. The highest BCUT2D eigenvalue weighted by atomic mass is 35.5. The van der Waals surface area contributed by atoms with Crippen LogP contribution in [0.15, 0.2) is 0 Å². The third-order valence-electron chi connectivity index (χ3n) is 3.25. The van der Waals surface area contributed by atoms with Gasteiger partial charge in [0, 0.05) is 26.7 Å². The van der Waals surface area contributed by atoms with Crippen molar-refractivity contribution in [2.24, 2.45) is 0 Å². The van der Waals surface area contributed by atoms with Crippen molar-refractivity contribution in [1.29, 1.82) is 0 Å². The second-order valence-electron chi connectivity index (χ2n) is 4.81. The minimum absolute atomic E-state index is 0. The molecule has 8 heteroatoms. The lowest BCUT2D eigenvalue weighted by Crippen LogP contribution is -2.38. The molecule has 0 aliphatic heterocycles. The molecule has 0 spiro atoms. The maximum Gasteiger partial charge on any atom is 0.235 e. The fourth-order valence-electron chi connectivity index (χ4n) is 2.19. The van der Waals surface area contributed by atoms with E-state index in [9.17, 15) is 13.2 Å². The van der Waals surface area contributed by atoms with Gasteiger partial charge in [0.2, 0.25) is 5.91 Å². The molecular weight excluding hydrogens is 304 g/mol. The number of halogens is 1. The molecule has 1 aliphatic rings. The Bertz CT molecular complexity index is 370. The number of carbonyl (C=O) groups excluding carboxylic acids is 1. The monoisotopic (exact) mass is 328 g/mol. The van der Waals surface area contributed by atoms with E-state index < -0.39 is 15.7 Å². The Morgan fingerprint density at radius 3 is 2.45 bits per heavy atom. The van der Waals surface area contributed by atoms with Crippen LogP contribution in [-0.2, 0) is 19.4 Å². The molecule has 0 aromatic heterocycles. The Morgan fingerprint density at radius 2 is 1.85 bits per heavy atom. The van der Waals surface area contributed by atoms with E-state index in [1.807, 2.05) is 0 Å². The molecule has 6 nitrogen and oxygen atoms in total. The first-order valence-corrected chi connectivity index (χ1v) is 8.45. The van der Waals surface area contributed by atoms with Gasteiger partial charge in [-0.1, -0.05) is 12.8 Å². The van der Waals surface area contributed by atoms with E-state index in [0.29, 0.717) is 39.1 Å². The normalized spacial score (nSPS) is 15.8. The summed E-state index contributed by atoms with van der Waals surface area (Å²) in [4.78, 5) is 11.6. The number of amides is 1. The standard InChI is InChI=1S/C12H24N2O4S.ClH/c1-18-9-8-13-6-7-14-12(15)10-19(16,17)11-4-2-3-5-11;/h11,13H,2-10H2,1H3,(H,14,15);1H. The van der Waals surface area contributed by atoms with E-state index in [2.05, 4.69) is 10.6 Å². The SMILES string of the molecule is COCCNCCNC(=O)CS(=O)(=O)C1CCCC1.Cl. The number of ether oxygens (including phenoxy) is 1. The molecule has 20 heavy (non-hydrogen) atoms. The van der Waals surface area contributed by atoms with Gasteiger partial charge in [-0.3, -0.25) is 4.79 Å². The predicted octanol–water partition coefficient (Wildman–Crippen LogP) is 0.118. The minimum atomic E-state index is -3.26. The fourth-order valence-corrected chi connectivity index (χ4v) is 3.94. The van der Waals surface area contributed by atoms with Crippen molar-refractivity contribution >= 4 is 28.2 Å².